The van der Waals surface area contributed by atoms with Crippen molar-refractivity contribution in [2.45, 2.75) is 23.5 Å². The van der Waals surface area contributed by atoms with E-state index in [0.717, 1.165) is 12.1 Å². The van der Waals surface area contributed by atoms with Gasteiger partial charge in [0.2, 0.25) is 10.0 Å². The molecule has 0 spiro atoms. The van der Waals surface area contributed by atoms with Gasteiger partial charge >= 0.3 is 6.18 Å². The highest BCUT2D eigenvalue weighted by Gasteiger charge is 2.33. The van der Waals surface area contributed by atoms with Crippen molar-refractivity contribution in [1.82, 2.24) is 10.0 Å². The number of hydrogen-bond donors (Lipinski definition) is 2. The molecule has 1 atom stereocenters. The van der Waals surface area contributed by atoms with E-state index in [1.54, 1.807) is 0 Å². The summed E-state index contributed by atoms with van der Waals surface area (Å²) >= 11 is 5.71. The minimum absolute atomic E-state index is 0.239. The smallest absolute Gasteiger partial charge is 0.315 e. The normalized spacial score (nSPS) is 20.3. The molecular weight excluding hydrogens is 317 g/mol. The Kier molecular flexibility index (Phi) is 4.29. The Morgan fingerprint density at radius 3 is 2.60 bits per heavy atom. The number of alkyl halides is 3. The van der Waals surface area contributed by atoms with Crippen LogP contribution in [-0.4, -0.2) is 27.5 Å². The fraction of sp³-hybridized carbons (Fsp3) is 0.455. The molecule has 1 saturated heterocycles. The largest absolute Gasteiger partial charge is 0.416 e. The molecule has 0 bridgehead atoms. The first-order valence-corrected chi connectivity index (χ1v) is 7.66. The van der Waals surface area contributed by atoms with Gasteiger partial charge in [-0.2, -0.15) is 13.2 Å². The van der Waals surface area contributed by atoms with E-state index in [0.29, 0.717) is 25.6 Å². The number of halogens is 4. The minimum atomic E-state index is -4.62. The van der Waals surface area contributed by atoms with Gasteiger partial charge in [-0.3, -0.25) is 0 Å². The van der Waals surface area contributed by atoms with Crippen LogP contribution < -0.4 is 10.0 Å². The Labute approximate surface area is 119 Å². The number of rotatable bonds is 3. The van der Waals surface area contributed by atoms with Gasteiger partial charge < -0.3 is 5.32 Å². The van der Waals surface area contributed by atoms with Crippen molar-refractivity contribution in [3.05, 3.63) is 28.8 Å². The number of hydrogen-bond acceptors (Lipinski definition) is 3. The van der Waals surface area contributed by atoms with Crippen molar-refractivity contribution in [1.29, 1.82) is 0 Å². The second kappa shape index (κ2) is 5.51. The van der Waals surface area contributed by atoms with Gasteiger partial charge in [0.15, 0.2) is 0 Å². The van der Waals surface area contributed by atoms with E-state index in [2.05, 4.69) is 10.0 Å². The predicted molar refractivity (Wildman–Crippen MR) is 68.1 cm³/mol. The second-order valence-corrected chi connectivity index (χ2v) is 6.54. The summed E-state index contributed by atoms with van der Waals surface area (Å²) in [6, 6.07) is 1.89. The molecule has 1 unspecified atom stereocenters. The van der Waals surface area contributed by atoms with Crippen LogP contribution in [0.25, 0.3) is 0 Å². The number of nitrogens with one attached hydrogen (secondary N) is 2. The third-order valence-corrected chi connectivity index (χ3v) is 4.93. The summed E-state index contributed by atoms with van der Waals surface area (Å²) in [7, 11) is -4.08. The van der Waals surface area contributed by atoms with Gasteiger partial charge in [-0.05, 0) is 31.2 Å². The maximum absolute atomic E-state index is 12.6. The highest BCUT2D eigenvalue weighted by Crippen LogP contribution is 2.33. The van der Waals surface area contributed by atoms with Gasteiger partial charge in [-0.15, -0.1) is 0 Å². The quantitative estimate of drug-likeness (QED) is 0.892. The van der Waals surface area contributed by atoms with Gasteiger partial charge in [0.05, 0.1) is 10.6 Å². The average molecular weight is 329 g/mol. The molecule has 112 valence electrons. The van der Waals surface area contributed by atoms with Crippen molar-refractivity contribution in [3.63, 3.8) is 0 Å². The molecule has 4 nitrogen and oxygen atoms in total. The molecule has 1 fully saturated rings. The summed E-state index contributed by atoms with van der Waals surface area (Å²) in [4.78, 5) is -0.555. The third kappa shape index (κ3) is 3.43. The van der Waals surface area contributed by atoms with E-state index >= 15 is 0 Å². The van der Waals surface area contributed by atoms with Gasteiger partial charge in [-0.1, -0.05) is 11.6 Å². The molecule has 1 aromatic rings. The van der Waals surface area contributed by atoms with Crippen molar-refractivity contribution < 1.29 is 21.6 Å². The lowest BCUT2D eigenvalue weighted by Gasteiger charge is -2.14. The van der Waals surface area contributed by atoms with E-state index in [1.165, 1.54) is 0 Å². The Bertz CT molecular complexity index is 598. The van der Waals surface area contributed by atoms with Crippen molar-refractivity contribution >= 4 is 21.6 Å². The van der Waals surface area contributed by atoms with Gasteiger partial charge in [0.25, 0.3) is 0 Å². The monoisotopic (exact) mass is 328 g/mol. The summed E-state index contributed by atoms with van der Waals surface area (Å²) in [5.74, 6) is 0. The van der Waals surface area contributed by atoms with Crippen LogP contribution in [-0.2, 0) is 16.2 Å². The van der Waals surface area contributed by atoms with Gasteiger partial charge in [-0.25, -0.2) is 13.1 Å². The molecule has 2 N–H and O–H groups in total. The van der Waals surface area contributed by atoms with E-state index in [4.69, 9.17) is 11.6 Å². The molecule has 0 saturated carbocycles. The molecule has 1 aromatic carbocycles. The van der Waals surface area contributed by atoms with Crippen LogP contribution in [0.1, 0.15) is 12.0 Å². The zero-order valence-electron chi connectivity index (χ0n) is 10.2. The fourth-order valence-electron chi connectivity index (χ4n) is 1.92. The van der Waals surface area contributed by atoms with Crippen LogP contribution in [0.5, 0.6) is 0 Å². The van der Waals surface area contributed by atoms with Crippen molar-refractivity contribution in [2.24, 2.45) is 0 Å². The van der Waals surface area contributed by atoms with Crippen LogP contribution in [0, 0.1) is 0 Å². The molecular formula is C11H12ClF3N2O2S. The SMILES string of the molecule is O=S(=O)(NC1CCNC1)c1cc(C(F)(F)F)ccc1Cl. The molecule has 9 heteroatoms. The summed E-state index contributed by atoms with van der Waals surface area (Å²) < 4.78 is 64.4. The molecule has 1 aliphatic rings. The zero-order chi connectivity index (χ0) is 15.0. The molecule has 2 rings (SSSR count). The molecule has 0 radical (unpaired) electrons. The number of sulfonamides is 1. The van der Waals surface area contributed by atoms with Crippen LogP contribution >= 0.6 is 11.6 Å². The van der Waals surface area contributed by atoms with E-state index in [-0.39, 0.29) is 11.1 Å². The van der Waals surface area contributed by atoms with Crippen molar-refractivity contribution in [3.8, 4) is 0 Å². The summed E-state index contributed by atoms with van der Waals surface area (Å²) in [6.45, 7) is 1.10. The summed E-state index contributed by atoms with van der Waals surface area (Å²) in [5.41, 5.74) is -1.05. The maximum atomic E-state index is 12.6. The lowest BCUT2D eigenvalue weighted by molar-refractivity contribution is -0.137. The van der Waals surface area contributed by atoms with Crippen molar-refractivity contribution in [2.75, 3.05) is 13.1 Å². The molecule has 1 heterocycles. The lowest BCUT2D eigenvalue weighted by Crippen LogP contribution is -2.36. The molecule has 1 aliphatic heterocycles. The Hall–Kier alpha value is -0.830. The summed E-state index contributed by atoms with van der Waals surface area (Å²) in [6.07, 6.45) is -4.04. The van der Waals surface area contributed by atoms with E-state index in [1.807, 2.05) is 0 Å². The third-order valence-electron chi connectivity index (χ3n) is 2.93. The Balaban J connectivity index is 2.35. The van der Waals surface area contributed by atoms with Crippen LogP contribution in [0.4, 0.5) is 13.2 Å². The van der Waals surface area contributed by atoms with E-state index < -0.39 is 26.7 Å². The van der Waals surface area contributed by atoms with Gasteiger partial charge in [0.1, 0.15) is 4.90 Å². The molecule has 20 heavy (non-hydrogen) atoms. The van der Waals surface area contributed by atoms with Crippen LogP contribution in [0.3, 0.4) is 0 Å². The van der Waals surface area contributed by atoms with Gasteiger partial charge in [0, 0.05) is 12.6 Å². The predicted octanol–water partition coefficient (Wildman–Crippen LogP) is 2.00. The first-order valence-electron chi connectivity index (χ1n) is 5.80. The Morgan fingerprint density at radius 2 is 2.05 bits per heavy atom. The standard InChI is InChI=1S/C11H12ClF3N2O2S/c12-9-2-1-7(11(13,14)15)5-10(9)20(18,19)17-8-3-4-16-6-8/h1-2,5,8,16-17H,3-4,6H2. The topological polar surface area (TPSA) is 58.2 Å². The first-order chi connectivity index (χ1) is 9.20. The zero-order valence-corrected chi connectivity index (χ0v) is 11.7. The molecule has 0 amide bonds. The minimum Gasteiger partial charge on any atom is -0.315 e. The molecule has 0 aromatic heterocycles. The highest BCUT2D eigenvalue weighted by atomic mass is 35.5. The fourth-order valence-corrected chi connectivity index (χ4v) is 3.72. The first kappa shape index (κ1) is 15.6. The average Bonchev–Trinajstić information content (AvgIpc) is 2.79. The van der Waals surface area contributed by atoms with Crippen LogP contribution in [0.2, 0.25) is 5.02 Å². The lowest BCUT2D eigenvalue weighted by atomic mass is 10.2. The Morgan fingerprint density at radius 1 is 1.35 bits per heavy atom. The van der Waals surface area contributed by atoms with E-state index in [9.17, 15) is 21.6 Å². The molecule has 0 aliphatic carbocycles. The highest BCUT2D eigenvalue weighted by molar-refractivity contribution is 7.89. The number of benzene rings is 1. The van der Waals surface area contributed by atoms with Crippen LogP contribution in [0.15, 0.2) is 23.1 Å². The summed E-state index contributed by atoms with van der Waals surface area (Å²) in [5, 5.41) is 2.72. The maximum Gasteiger partial charge on any atom is 0.416 e. The second-order valence-electron chi connectivity index (χ2n) is 4.45.